The minimum Gasteiger partial charge on any atom is -0.343 e. The van der Waals surface area contributed by atoms with E-state index in [1.807, 2.05) is 40.6 Å². The van der Waals surface area contributed by atoms with Crippen molar-refractivity contribution < 1.29 is 9.59 Å². The number of nitrogens with zero attached hydrogens (tertiary/aromatic N) is 1. The van der Waals surface area contributed by atoms with Gasteiger partial charge >= 0.3 is 0 Å². The summed E-state index contributed by atoms with van der Waals surface area (Å²) in [6, 6.07) is 11.2. The summed E-state index contributed by atoms with van der Waals surface area (Å²) in [4.78, 5) is 28.4. The fourth-order valence-electron chi connectivity index (χ4n) is 3.00. The van der Waals surface area contributed by atoms with Gasteiger partial charge in [0.25, 0.3) is 0 Å². The van der Waals surface area contributed by atoms with Crippen molar-refractivity contribution in [1.82, 2.24) is 10.6 Å². The van der Waals surface area contributed by atoms with Crippen LogP contribution in [-0.2, 0) is 22.6 Å². The van der Waals surface area contributed by atoms with Crippen LogP contribution in [0.1, 0.15) is 23.8 Å². The van der Waals surface area contributed by atoms with Crippen LogP contribution in [0.5, 0.6) is 0 Å². The third-order valence-corrected chi connectivity index (χ3v) is 5.45. The Hall–Kier alpha value is -1.89. The largest absolute Gasteiger partial charge is 0.343 e. The second-order valence-electron chi connectivity index (χ2n) is 6.24. The fourth-order valence-corrected chi connectivity index (χ4v) is 3.69. The number of hydrogen-bond acceptors (Lipinski definition) is 4. The lowest BCUT2D eigenvalue weighted by Gasteiger charge is -2.26. The quantitative estimate of drug-likeness (QED) is 0.821. The van der Waals surface area contributed by atoms with Crippen molar-refractivity contribution in [2.45, 2.75) is 38.4 Å². The number of carbonyl (C=O) groups excluding carboxylic acids is 2. The summed E-state index contributed by atoms with van der Waals surface area (Å²) >= 11 is 1.63. The Labute approximate surface area is 164 Å². The molecule has 0 aliphatic carbocycles. The molecule has 0 saturated carbocycles. The lowest BCUT2D eigenvalue weighted by Crippen LogP contribution is -2.51. The Kier molecular flexibility index (Phi) is 7.20. The standard InChI is InChI=1S/C19H23N3O2S.ClH/c1-13(20-2)18(23)21-16-10-9-14-6-3-4-8-17(14)22(19(16)24)12-15-7-5-11-25-15;/h3-8,11,13,16,20H,9-10,12H2,1-2H3,(H,21,23);1H/t13?,16-;/m0./s1. The van der Waals surface area contributed by atoms with E-state index < -0.39 is 6.04 Å². The number of rotatable bonds is 5. The summed E-state index contributed by atoms with van der Waals surface area (Å²) in [6.07, 6.45) is 1.38. The second-order valence-corrected chi connectivity index (χ2v) is 7.27. The van der Waals surface area contributed by atoms with E-state index in [-0.39, 0.29) is 30.3 Å². The molecule has 0 radical (unpaired) electrons. The van der Waals surface area contributed by atoms with Gasteiger partial charge < -0.3 is 15.5 Å². The molecule has 3 rings (SSSR count). The summed E-state index contributed by atoms with van der Waals surface area (Å²) < 4.78 is 0. The smallest absolute Gasteiger partial charge is 0.249 e. The highest BCUT2D eigenvalue weighted by Crippen LogP contribution is 2.29. The zero-order valence-corrected chi connectivity index (χ0v) is 16.5. The minimum atomic E-state index is -0.504. The molecule has 0 bridgehead atoms. The number of amides is 2. The van der Waals surface area contributed by atoms with Crippen molar-refractivity contribution in [3.63, 3.8) is 0 Å². The highest BCUT2D eigenvalue weighted by atomic mass is 35.5. The van der Waals surface area contributed by atoms with E-state index in [0.717, 1.165) is 22.5 Å². The predicted octanol–water partition coefficient (Wildman–Crippen LogP) is 2.74. The Bertz CT molecular complexity index is 751. The first kappa shape index (κ1) is 20.4. The second kappa shape index (κ2) is 9.16. The number of aryl methyl sites for hydroxylation is 1. The first-order valence-electron chi connectivity index (χ1n) is 8.49. The van der Waals surface area contributed by atoms with E-state index in [4.69, 9.17) is 0 Å². The van der Waals surface area contributed by atoms with E-state index in [1.165, 1.54) is 0 Å². The van der Waals surface area contributed by atoms with Crippen LogP contribution in [0, 0.1) is 0 Å². The maximum atomic E-state index is 13.2. The van der Waals surface area contributed by atoms with Gasteiger partial charge in [0.15, 0.2) is 0 Å². The van der Waals surface area contributed by atoms with Gasteiger partial charge in [-0.15, -0.1) is 23.7 Å². The molecule has 0 fully saturated rings. The summed E-state index contributed by atoms with van der Waals surface area (Å²) in [5.41, 5.74) is 2.09. The van der Waals surface area contributed by atoms with E-state index in [2.05, 4.69) is 16.7 Å². The molecule has 2 heterocycles. The number of halogens is 1. The van der Waals surface area contributed by atoms with E-state index in [1.54, 1.807) is 25.3 Å². The Morgan fingerprint density at radius 3 is 2.77 bits per heavy atom. The number of carbonyl (C=O) groups is 2. The minimum absolute atomic E-state index is 0. The van der Waals surface area contributed by atoms with Gasteiger partial charge in [0.05, 0.1) is 12.6 Å². The number of hydrogen-bond donors (Lipinski definition) is 2. The van der Waals surface area contributed by atoms with Gasteiger partial charge in [0.2, 0.25) is 11.8 Å². The van der Waals surface area contributed by atoms with Gasteiger partial charge in [-0.3, -0.25) is 9.59 Å². The Balaban J connectivity index is 0.00000243. The van der Waals surface area contributed by atoms with E-state index in [9.17, 15) is 9.59 Å². The molecule has 0 saturated heterocycles. The molecule has 2 aromatic rings. The third kappa shape index (κ3) is 4.44. The molecule has 7 heteroatoms. The molecular weight excluding hydrogens is 370 g/mol. The van der Waals surface area contributed by atoms with Crippen LogP contribution in [0.4, 0.5) is 5.69 Å². The number of fused-ring (bicyclic) bond motifs is 1. The normalized spacial score (nSPS) is 17.7. The lowest BCUT2D eigenvalue weighted by molar-refractivity contribution is -0.128. The number of para-hydroxylation sites is 1. The van der Waals surface area contributed by atoms with E-state index >= 15 is 0 Å². The molecule has 5 nitrogen and oxygen atoms in total. The number of benzene rings is 1. The number of thiophene rings is 1. The van der Waals surface area contributed by atoms with Crippen molar-refractivity contribution in [3.8, 4) is 0 Å². The summed E-state index contributed by atoms with van der Waals surface area (Å²) in [6.45, 7) is 2.32. The van der Waals surface area contributed by atoms with Crippen molar-refractivity contribution in [2.75, 3.05) is 11.9 Å². The number of likely N-dealkylation sites (N-methyl/N-ethyl adjacent to an activating group) is 1. The van der Waals surface area contributed by atoms with Crippen molar-refractivity contribution in [3.05, 3.63) is 52.2 Å². The highest BCUT2D eigenvalue weighted by molar-refractivity contribution is 7.09. The van der Waals surface area contributed by atoms with Crippen LogP contribution >= 0.6 is 23.7 Å². The van der Waals surface area contributed by atoms with Crippen molar-refractivity contribution >= 4 is 41.2 Å². The summed E-state index contributed by atoms with van der Waals surface area (Å²) in [7, 11) is 1.73. The van der Waals surface area contributed by atoms with Crippen molar-refractivity contribution in [1.29, 1.82) is 0 Å². The molecule has 0 spiro atoms. The van der Waals surface area contributed by atoms with Crippen LogP contribution in [0.2, 0.25) is 0 Å². The monoisotopic (exact) mass is 393 g/mol. The van der Waals surface area contributed by atoms with Crippen LogP contribution in [0.3, 0.4) is 0 Å². The summed E-state index contributed by atoms with van der Waals surface area (Å²) in [5.74, 6) is -0.196. The predicted molar refractivity (Wildman–Crippen MR) is 108 cm³/mol. The molecule has 26 heavy (non-hydrogen) atoms. The fraction of sp³-hybridized carbons (Fsp3) is 0.368. The first-order chi connectivity index (χ1) is 12.1. The molecule has 140 valence electrons. The molecule has 1 unspecified atom stereocenters. The van der Waals surface area contributed by atoms with Gasteiger partial charge in [-0.25, -0.2) is 0 Å². The zero-order valence-electron chi connectivity index (χ0n) is 14.9. The number of nitrogens with one attached hydrogen (secondary N) is 2. The topological polar surface area (TPSA) is 61.4 Å². The molecule has 1 aromatic heterocycles. The average molecular weight is 394 g/mol. The van der Waals surface area contributed by atoms with Gasteiger partial charge in [-0.2, -0.15) is 0 Å². The Morgan fingerprint density at radius 2 is 2.08 bits per heavy atom. The maximum absolute atomic E-state index is 13.2. The molecule has 1 aliphatic heterocycles. The molecule has 2 N–H and O–H groups in total. The SMILES string of the molecule is CNC(C)C(=O)N[C@H]1CCc2ccccc2N(Cc2cccs2)C1=O.Cl. The highest BCUT2D eigenvalue weighted by Gasteiger charge is 2.32. The van der Waals surface area contributed by atoms with Gasteiger partial charge in [0, 0.05) is 10.6 Å². The van der Waals surface area contributed by atoms with Gasteiger partial charge in [0.1, 0.15) is 6.04 Å². The van der Waals surface area contributed by atoms with Crippen LogP contribution in [0.25, 0.3) is 0 Å². The van der Waals surface area contributed by atoms with Crippen LogP contribution < -0.4 is 15.5 Å². The van der Waals surface area contributed by atoms with E-state index in [0.29, 0.717) is 13.0 Å². The van der Waals surface area contributed by atoms with Gasteiger partial charge in [-0.1, -0.05) is 24.3 Å². The zero-order chi connectivity index (χ0) is 17.8. The van der Waals surface area contributed by atoms with Crippen molar-refractivity contribution in [2.24, 2.45) is 0 Å². The van der Waals surface area contributed by atoms with Gasteiger partial charge in [-0.05, 0) is 49.9 Å². The molecule has 2 amide bonds. The molecule has 1 aliphatic rings. The molecule has 1 aromatic carbocycles. The summed E-state index contributed by atoms with van der Waals surface area (Å²) in [5, 5.41) is 7.84. The molecular formula is C19H24ClN3O2S. The molecule has 2 atom stereocenters. The number of anilines is 1. The first-order valence-corrected chi connectivity index (χ1v) is 9.37. The lowest BCUT2D eigenvalue weighted by atomic mass is 10.1. The van der Waals surface area contributed by atoms with Crippen LogP contribution in [0.15, 0.2) is 41.8 Å². The third-order valence-electron chi connectivity index (χ3n) is 4.59. The maximum Gasteiger partial charge on any atom is 0.249 e. The van der Waals surface area contributed by atoms with Crippen LogP contribution in [-0.4, -0.2) is 30.9 Å². The average Bonchev–Trinajstić information content (AvgIpc) is 3.11. The Morgan fingerprint density at radius 1 is 1.31 bits per heavy atom.